The van der Waals surface area contributed by atoms with E-state index in [1.807, 2.05) is 12.1 Å². The summed E-state index contributed by atoms with van der Waals surface area (Å²) in [6.45, 7) is 9.55. The summed E-state index contributed by atoms with van der Waals surface area (Å²) in [6, 6.07) is 8.40. The summed E-state index contributed by atoms with van der Waals surface area (Å²) in [5, 5.41) is 7.93. The summed E-state index contributed by atoms with van der Waals surface area (Å²) >= 11 is 7.97. The molecular weight excluding hydrogens is 483 g/mol. The van der Waals surface area contributed by atoms with Gasteiger partial charge in [0.05, 0.1) is 11.4 Å². The molecule has 0 unspecified atom stereocenters. The zero-order chi connectivity index (χ0) is 24.4. The largest absolute Gasteiger partial charge is 0.366 e. The Morgan fingerprint density at radius 3 is 2.80 bits per heavy atom. The second kappa shape index (κ2) is 10.8. The first-order chi connectivity index (χ1) is 17.0. The third-order valence-corrected chi connectivity index (χ3v) is 8.31. The molecule has 3 aromatic rings. The standard InChI is InChI=1S/C26H32ClFN6S/c1-3-18-15-19(6-7-20(18)27)24-22(16-34-12-4-5-17(34)2)35-26(31-24)32-25-23(28)21(8-9-30-25)33-13-10-29-11-14-33/h6-9,15,17,29H,3-5,10-14,16H2,1-2H3,(H,30,31,32)/t17-/m1/s1. The molecule has 186 valence electrons. The summed E-state index contributed by atoms with van der Waals surface area (Å²) in [5.41, 5.74) is 3.66. The highest BCUT2D eigenvalue weighted by atomic mass is 35.5. The second-order valence-electron chi connectivity index (χ2n) is 9.27. The highest BCUT2D eigenvalue weighted by molar-refractivity contribution is 7.16. The monoisotopic (exact) mass is 514 g/mol. The number of pyridine rings is 1. The van der Waals surface area contributed by atoms with E-state index in [-0.39, 0.29) is 11.6 Å². The topological polar surface area (TPSA) is 56.3 Å². The van der Waals surface area contributed by atoms with Crippen LogP contribution in [0, 0.1) is 5.82 Å². The van der Waals surface area contributed by atoms with E-state index in [1.165, 1.54) is 17.7 Å². The van der Waals surface area contributed by atoms with Crippen LogP contribution < -0.4 is 15.5 Å². The van der Waals surface area contributed by atoms with Crippen LogP contribution in [0.3, 0.4) is 0 Å². The molecule has 2 saturated heterocycles. The Kier molecular flexibility index (Phi) is 7.53. The molecule has 9 heteroatoms. The molecule has 2 fully saturated rings. The molecule has 2 aromatic heterocycles. The van der Waals surface area contributed by atoms with E-state index < -0.39 is 0 Å². The van der Waals surface area contributed by atoms with Crippen LogP contribution in [0.15, 0.2) is 30.5 Å². The average molecular weight is 515 g/mol. The number of nitrogens with zero attached hydrogens (tertiary/aromatic N) is 4. The molecular formula is C26H32ClFN6S. The van der Waals surface area contributed by atoms with Gasteiger partial charge in [0.2, 0.25) is 0 Å². The minimum absolute atomic E-state index is 0.216. The number of likely N-dealkylation sites (tertiary alicyclic amines) is 1. The molecule has 1 aromatic carbocycles. The van der Waals surface area contributed by atoms with Crippen molar-refractivity contribution in [2.75, 3.05) is 42.9 Å². The number of hydrogen-bond acceptors (Lipinski definition) is 7. The SMILES string of the molecule is CCc1cc(-c2nc(Nc3nccc(N4CCNCC4)c3F)sc2CN2CCC[C@H]2C)ccc1Cl. The lowest BCUT2D eigenvalue weighted by Gasteiger charge is -2.29. The van der Waals surface area contributed by atoms with E-state index in [1.54, 1.807) is 23.6 Å². The smallest absolute Gasteiger partial charge is 0.189 e. The molecule has 0 bridgehead atoms. The minimum Gasteiger partial charge on any atom is -0.366 e. The number of hydrogen-bond donors (Lipinski definition) is 2. The number of halogens is 2. The van der Waals surface area contributed by atoms with Crippen LogP contribution in [0.1, 0.15) is 37.1 Å². The van der Waals surface area contributed by atoms with Gasteiger partial charge >= 0.3 is 0 Å². The fourth-order valence-electron chi connectivity index (χ4n) is 4.91. The molecule has 1 atom stereocenters. The molecule has 4 heterocycles. The highest BCUT2D eigenvalue weighted by Crippen LogP contribution is 2.37. The fourth-order valence-corrected chi connectivity index (χ4v) is 6.17. The van der Waals surface area contributed by atoms with Crippen LogP contribution in [0.5, 0.6) is 0 Å². The minimum atomic E-state index is -0.333. The van der Waals surface area contributed by atoms with Crippen LogP contribution in [-0.2, 0) is 13.0 Å². The molecule has 2 N–H and O–H groups in total. The number of thiazole rings is 1. The molecule has 0 radical (unpaired) electrons. The third kappa shape index (κ3) is 5.31. The highest BCUT2D eigenvalue weighted by Gasteiger charge is 2.25. The van der Waals surface area contributed by atoms with Crippen molar-refractivity contribution in [1.82, 2.24) is 20.2 Å². The van der Waals surface area contributed by atoms with E-state index in [0.29, 0.717) is 16.9 Å². The number of rotatable bonds is 7. The summed E-state index contributed by atoms with van der Waals surface area (Å²) in [5.74, 6) is -0.117. The number of nitrogens with one attached hydrogen (secondary N) is 2. The Bertz CT molecular complexity index is 1180. The number of aryl methyl sites for hydroxylation is 1. The lowest BCUT2D eigenvalue weighted by Crippen LogP contribution is -2.43. The molecule has 0 aliphatic carbocycles. The second-order valence-corrected chi connectivity index (χ2v) is 10.8. The zero-order valence-electron chi connectivity index (χ0n) is 20.3. The Hall–Kier alpha value is -2.26. The van der Waals surface area contributed by atoms with E-state index in [2.05, 4.69) is 45.3 Å². The van der Waals surface area contributed by atoms with Gasteiger partial charge in [0, 0.05) is 60.4 Å². The van der Waals surface area contributed by atoms with E-state index in [9.17, 15) is 0 Å². The van der Waals surface area contributed by atoms with Gasteiger partial charge in [-0.2, -0.15) is 0 Å². The maximum Gasteiger partial charge on any atom is 0.189 e. The van der Waals surface area contributed by atoms with Gasteiger partial charge in [0.25, 0.3) is 0 Å². The lowest BCUT2D eigenvalue weighted by molar-refractivity contribution is 0.263. The number of piperazine rings is 1. The van der Waals surface area contributed by atoms with Crippen molar-refractivity contribution in [2.45, 2.75) is 45.7 Å². The van der Waals surface area contributed by atoms with Gasteiger partial charge in [0.15, 0.2) is 16.8 Å². The molecule has 0 spiro atoms. The van der Waals surface area contributed by atoms with E-state index >= 15 is 4.39 Å². The van der Waals surface area contributed by atoms with Crippen molar-refractivity contribution in [1.29, 1.82) is 0 Å². The molecule has 2 aliphatic heterocycles. The van der Waals surface area contributed by atoms with Crippen molar-refractivity contribution >= 4 is 39.6 Å². The van der Waals surface area contributed by atoms with E-state index in [0.717, 1.165) is 67.5 Å². The maximum absolute atomic E-state index is 15.5. The fraction of sp³-hybridized carbons (Fsp3) is 0.462. The molecule has 0 saturated carbocycles. The first kappa shape index (κ1) is 24.4. The summed E-state index contributed by atoms with van der Waals surface area (Å²) in [4.78, 5) is 15.0. The Balaban J connectivity index is 1.47. The van der Waals surface area contributed by atoms with Gasteiger partial charge in [-0.25, -0.2) is 14.4 Å². The zero-order valence-corrected chi connectivity index (χ0v) is 21.9. The first-order valence-electron chi connectivity index (χ1n) is 12.4. The van der Waals surface area contributed by atoms with Crippen molar-refractivity contribution in [3.05, 3.63) is 51.7 Å². The van der Waals surface area contributed by atoms with Gasteiger partial charge in [-0.05, 0) is 56.5 Å². The number of aromatic nitrogens is 2. The lowest BCUT2D eigenvalue weighted by atomic mass is 10.1. The molecule has 5 rings (SSSR count). The van der Waals surface area contributed by atoms with Crippen LogP contribution >= 0.6 is 22.9 Å². The molecule has 6 nitrogen and oxygen atoms in total. The third-order valence-electron chi connectivity index (χ3n) is 6.99. The number of benzene rings is 1. The number of anilines is 3. The first-order valence-corrected chi connectivity index (χ1v) is 13.6. The Labute approximate surface area is 215 Å². The summed E-state index contributed by atoms with van der Waals surface area (Å²) in [6.07, 6.45) is 4.95. The predicted molar refractivity (Wildman–Crippen MR) is 144 cm³/mol. The van der Waals surface area contributed by atoms with Crippen LogP contribution in [0.25, 0.3) is 11.3 Å². The average Bonchev–Trinajstić information content (AvgIpc) is 3.47. The predicted octanol–water partition coefficient (Wildman–Crippen LogP) is 5.70. The molecule has 0 amide bonds. The van der Waals surface area contributed by atoms with Crippen LogP contribution in [0.4, 0.5) is 21.0 Å². The van der Waals surface area contributed by atoms with Crippen molar-refractivity contribution < 1.29 is 4.39 Å². The van der Waals surface area contributed by atoms with Gasteiger partial charge in [-0.1, -0.05) is 35.9 Å². The van der Waals surface area contributed by atoms with Crippen LogP contribution in [0.2, 0.25) is 5.02 Å². The van der Waals surface area contributed by atoms with Gasteiger partial charge in [0.1, 0.15) is 0 Å². The van der Waals surface area contributed by atoms with E-state index in [4.69, 9.17) is 16.6 Å². The van der Waals surface area contributed by atoms with Crippen molar-refractivity contribution in [2.24, 2.45) is 0 Å². The summed E-state index contributed by atoms with van der Waals surface area (Å²) in [7, 11) is 0. The molecule has 35 heavy (non-hydrogen) atoms. The Morgan fingerprint density at radius 1 is 1.23 bits per heavy atom. The van der Waals surface area contributed by atoms with Gasteiger partial charge < -0.3 is 15.5 Å². The quantitative estimate of drug-likeness (QED) is 0.422. The van der Waals surface area contributed by atoms with Crippen molar-refractivity contribution in [3.63, 3.8) is 0 Å². The van der Waals surface area contributed by atoms with Gasteiger partial charge in [-0.3, -0.25) is 4.90 Å². The summed E-state index contributed by atoms with van der Waals surface area (Å²) < 4.78 is 15.5. The maximum atomic E-state index is 15.5. The molecule has 2 aliphatic rings. The van der Waals surface area contributed by atoms with Crippen molar-refractivity contribution in [3.8, 4) is 11.3 Å². The normalized spacial score (nSPS) is 18.9. The van der Waals surface area contributed by atoms with Crippen LogP contribution in [-0.4, -0.2) is 53.6 Å². The Morgan fingerprint density at radius 2 is 2.06 bits per heavy atom. The van der Waals surface area contributed by atoms with Gasteiger partial charge in [-0.15, -0.1) is 0 Å².